The average molecular weight is 366 g/mol. The second-order valence-corrected chi connectivity index (χ2v) is 6.42. The summed E-state index contributed by atoms with van der Waals surface area (Å²) in [5.74, 6) is -1.12. The Balaban J connectivity index is 2.01. The van der Waals surface area contributed by atoms with Gasteiger partial charge in [0, 0.05) is 23.6 Å². The van der Waals surface area contributed by atoms with Gasteiger partial charge in [-0.25, -0.2) is 4.79 Å². The summed E-state index contributed by atoms with van der Waals surface area (Å²) in [5, 5.41) is 21.1. The van der Waals surface area contributed by atoms with E-state index >= 15 is 0 Å². The van der Waals surface area contributed by atoms with Gasteiger partial charge in [0.1, 0.15) is 6.04 Å². The number of carboxylic acids is 1. The summed E-state index contributed by atoms with van der Waals surface area (Å²) in [7, 11) is 0. The predicted molar refractivity (Wildman–Crippen MR) is 101 cm³/mol. The van der Waals surface area contributed by atoms with Crippen molar-refractivity contribution >= 4 is 22.6 Å². The number of hydrogen-bond donors (Lipinski definition) is 1. The second-order valence-electron chi connectivity index (χ2n) is 6.42. The highest BCUT2D eigenvalue weighted by Gasteiger charge is 2.23. The van der Waals surface area contributed by atoms with Crippen molar-refractivity contribution in [2.75, 3.05) is 0 Å². The number of hydrogen-bond acceptors (Lipinski definition) is 4. The first-order valence-electron chi connectivity index (χ1n) is 8.45. The van der Waals surface area contributed by atoms with Gasteiger partial charge >= 0.3 is 5.97 Å². The van der Waals surface area contributed by atoms with Crippen LogP contribution in [-0.2, 0) is 11.2 Å². The van der Waals surface area contributed by atoms with Gasteiger partial charge in [0.15, 0.2) is 0 Å². The van der Waals surface area contributed by atoms with Crippen LogP contribution in [0.3, 0.4) is 0 Å². The number of nitro benzene ring substituents is 1. The summed E-state index contributed by atoms with van der Waals surface area (Å²) < 4.78 is 1.20. The summed E-state index contributed by atoms with van der Waals surface area (Å²) >= 11 is 0. The predicted octanol–water partition coefficient (Wildman–Crippen LogP) is 3.48. The molecule has 0 aliphatic heterocycles. The zero-order valence-corrected chi connectivity index (χ0v) is 14.7. The topological polar surface area (TPSA) is 102 Å². The lowest BCUT2D eigenvalue weighted by atomic mass is 10.0. The molecular weight excluding hydrogens is 348 g/mol. The molecule has 138 valence electrons. The number of carboxylic acid groups (broad SMARTS) is 1. The molecule has 0 aliphatic rings. The largest absolute Gasteiger partial charge is 0.480 e. The molecule has 27 heavy (non-hydrogen) atoms. The van der Waals surface area contributed by atoms with Crippen LogP contribution in [0.2, 0.25) is 0 Å². The van der Waals surface area contributed by atoms with E-state index in [4.69, 9.17) is 0 Å². The number of carbonyl (C=O) groups is 1. The Labute approximate surface area is 154 Å². The summed E-state index contributed by atoms with van der Waals surface area (Å²) in [5.41, 5.74) is 1.90. The number of nitro groups is 1. The SMILES string of the molecule is Cc1ccc(CCC(C(=O)O)n2c(=O)ccc3cc([N+](=O)[O-])ccc32)cc1. The van der Waals surface area contributed by atoms with Crippen LogP contribution in [0.25, 0.3) is 10.9 Å². The Morgan fingerprint density at radius 2 is 1.85 bits per heavy atom. The molecule has 3 rings (SSSR count). The molecule has 1 N–H and O–H groups in total. The highest BCUT2D eigenvalue weighted by molar-refractivity contribution is 5.83. The van der Waals surface area contributed by atoms with E-state index in [9.17, 15) is 24.8 Å². The lowest BCUT2D eigenvalue weighted by Gasteiger charge is -2.18. The third kappa shape index (κ3) is 3.87. The number of aryl methyl sites for hydroxylation is 2. The zero-order valence-electron chi connectivity index (χ0n) is 14.7. The molecule has 0 fully saturated rings. The molecule has 0 aliphatic carbocycles. The molecule has 0 saturated heterocycles. The van der Waals surface area contributed by atoms with E-state index in [1.54, 1.807) is 0 Å². The molecule has 3 aromatic rings. The first-order valence-corrected chi connectivity index (χ1v) is 8.45. The Bertz CT molecular complexity index is 1070. The first-order chi connectivity index (χ1) is 12.9. The van der Waals surface area contributed by atoms with Gasteiger partial charge in [0.25, 0.3) is 11.2 Å². The number of nitrogens with zero attached hydrogens (tertiary/aromatic N) is 2. The van der Waals surface area contributed by atoms with Gasteiger partial charge < -0.3 is 5.11 Å². The van der Waals surface area contributed by atoms with E-state index in [0.717, 1.165) is 11.1 Å². The quantitative estimate of drug-likeness (QED) is 0.531. The molecule has 0 saturated carbocycles. The van der Waals surface area contributed by atoms with Crippen molar-refractivity contribution in [3.63, 3.8) is 0 Å². The van der Waals surface area contributed by atoms with Crippen LogP contribution in [-0.4, -0.2) is 20.6 Å². The molecule has 7 nitrogen and oxygen atoms in total. The third-order valence-electron chi connectivity index (χ3n) is 4.55. The fourth-order valence-electron chi connectivity index (χ4n) is 3.11. The maximum Gasteiger partial charge on any atom is 0.326 e. The summed E-state index contributed by atoms with van der Waals surface area (Å²) in [6.45, 7) is 1.97. The minimum atomic E-state index is -1.12. The Morgan fingerprint density at radius 1 is 1.15 bits per heavy atom. The van der Waals surface area contributed by atoms with Gasteiger partial charge in [0.2, 0.25) is 0 Å². The fourth-order valence-corrected chi connectivity index (χ4v) is 3.11. The molecule has 0 spiro atoms. The van der Waals surface area contributed by atoms with Gasteiger partial charge in [-0.3, -0.25) is 19.5 Å². The standard InChI is InChI=1S/C20H18N2O5/c1-13-2-4-14(5-3-13)6-9-18(20(24)25)21-17-10-8-16(22(26)27)12-15(17)7-11-19(21)23/h2-5,7-8,10-12,18H,6,9H2,1H3,(H,24,25). The van der Waals surface area contributed by atoms with Crippen molar-refractivity contribution in [1.29, 1.82) is 0 Å². The second kappa shape index (κ2) is 7.41. The number of pyridine rings is 1. The highest BCUT2D eigenvalue weighted by atomic mass is 16.6. The van der Waals surface area contributed by atoms with Gasteiger partial charge in [-0.2, -0.15) is 0 Å². The van der Waals surface area contributed by atoms with E-state index in [1.807, 2.05) is 31.2 Å². The van der Waals surface area contributed by atoms with Crippen molar-refractivity contribution in [3.8, 4) is 0 Å². The maximum atomic E-state index is 12.4. The van der Waals surface area contributed by atoms with Crippen LogP contribution >= 0.6 is 0 Å². The van der Waals surface area contributed by atoms with Crippen LogP contribution in [0, 0.1) is 17.0 Å². The first kappa shape index (κ1) is 18.3. The van der Waals surface area contributed by atoms with Crippen LogP contribution in [0.1, 0.15) is 23.6 Å². The lowest BCUT2D eigenvalue weighted by Crippen LogP contribution is -2.30. The molecule has 1 atom stereocenters. The summed E-state index contributed by atoms with van der Waals surface area (Å²) in [4.78, 5) is 34.7. The van der Waals surface area contributed by atoms with Gasteiger partial charge in [-0.1, -0.05) is 29.8 Å². The van der Waals surface area contributed by atoms with Gasteiger partial charge in [-0.05, 0) is 37.5 Å². The van der Waals surface area contributed by atoms with Crippen molar-refractivity contribution < 1.29 is 14.8 Å². The number of aliphatic carboxylic acids is 1. The minimum absolute atomic E-state index is 0.112. The lowest BCUT2D eigenvalue weighted by molar-refractivity contribution is -0.384. The molecule has 1 aromatic heterocycles. The zero-order chi connectivity index (χ0) is 19.6. The fraction of sp³-hybridized carbons (Fsp3) is 0.200. The van der Waals surface area contributed by atoms with Crippen molar-refractivity contribution in [1.82, 2.24) is 4.57 Å². The van der Waals surface area contributed by atoms with E-state index in [2.05, 4.69) is 0 Å². The molecule has 2 aromatic carbocycles. The smallest absolute Gasteiger partial charge is 0.326 e. The normalized spacial score (nSPS) is 12.0. The van der Waals surface area contributed by atoms with Crippen LogP contribution < -0.4 is 5.56 Å². The van der Waals surface area contributed by atoms with Gasteiger partial charge in [0.05, 0.1) is 10.4 Å². The highest BCUT2D eigenvalue weighted by Crippen LogP contribution is 2.24. The number of fused-ring (bicyclic) bond motifs is 1. The maximum absolute atomic E-state index is 12.4. The Kier molecular flexibility index (Phi) is 5.03. The van der Waals surface area contributed by atoms with E-state index in [0.29, 0.717) is 17.3 Å². The molecule has 1 heterocycles. The summed E-state index contributed by atoms with van der Waals surface area (Å²) in [6, 6.07) is 13.5. The Hall–Kier alpha value is -3.48. The minimum Gasteiger partial charge on any atom is -0.480 e. The van der Waals surface area contributed by atoms with Crippen LogP contribution in [0.15, 0.2) is 59.4 Å². The van der Waals surface area contributed by atoms with Crippen molar-refractivity contribution in [2.45, 2.75) is 25.8 Å². The molecule has 1 unspecified atom stereocenters. The Morgan fingerprint density at radius 3 is 2.48 bits per heavy atom. The monoisotopic (exact) mass is 366 g/mol. The molecule has 0 radical (unpaired) electrons. The van der Waals surface area contributed by atoms with Crippen molar-refractivity contribution in [2.24, 2.45) is 0 Å². The van der Waals surface area contributed by atoms with Crippen LogP contribution in [0.4, 0.5) is 5.69 Å². The number of benzene rings is 2. The van der Waals surface area contributed by atoms with E-state index in [1.165, 1.54) is 34.9 Å². The molecule has 0 amide bonds. The van der Waals surface area contributed by atoms with Crippen molar-refractivity contribution in [3.05, 3.63) is 86.2 Å². The molecular formula is C20H18N2O5. The van der Waals surface area contributed by atoms with Crippen LogP contribution in [0.5, 0.6) is 0 Å². The molecule has 0 bridgehead atoms. The number of non-ortho nitro benzene ring substituents is 1. The van der Waals surface area contributed by atoms with E-state index in [-0.39, 0.29) is 12.1 Å². The van der Waals surface area contributed by atoms with E-state index < -0.39 is 22.5 Å². The third-order valence-corrected chi connectivity index (χ3v) is 4.55. The summed E-state index contributed by atoms with van der Waals surface area (Å²) in [6.07, 6.45) is 0.724. The van der Waals surface area contributed by atoms with Gasteiger partial charge in [-0.15, -0.1) is 0 Å². The number of aromatic nitrogens is 1. The number of rotatable bonds is 6. The molecule has 7 heteroatoms. The average Bonchev–Trinajstić information content (AvgIpc) is 2.64.